The zero-order valence-corrected chi connectivity index (χ0v) is 19.2. The standard InChI is InChI=1S/C19H28N4OS.HI/c1-14-8-9-15(18(11-14)25-5)12-21-19(20-2)22-13-16(23(3)4)17-7-6-10-24-17;/h6-11,16H,12-13H2,1-5H3,(H2,20,21,22);1H. The van der Waals surface area contributed by atoms with Gasteiger partial charge in [-0.15, -0.1) is 35.7 Å². The second-order valence-corrected chi connectivity index (χ2v) is 6.96. The number of aryl methyl sites for hydroxylation is 1. The van der Waals surface area contributed by atoms with E-state index >= 15 is 0 Å². The lowest BCUT2D eigenvalue weighted by molar-refractivity contribution is 0.258. The molecule has 1 aromatic carbocycles. The second-order valence-electron chi connectivity index (χ2n) is 6.12. The van der Waals surface area contributed by atoms with E-state index in [0.717, 1.165) is 18.3 Å². The fourth-order valence-electron chi connectivity index (χ4n) is 2.61. The Kier molecular flexibility index (Phi) is 10.1. The van der Waals surface area contributed by atoms with Gasteiger partial charge in [0.1, 0.15) is 5.76 Å². The van der Waals surface area contributed by atoms with Crippen molar-refractivity contribution in [1.82, 2.24) is 15.5 Å². The molecule has 2 aromatic rings. The summed E-state index contributed by atoms with van der Waals surface area (Å²) in [4.78, 5) is 7.75. The molecule has 0 bridgehead atoms. The predicted molar refractivity (Wildman–Crippen MR) is 122 cm³/mol. The van der Waals surface area contributed by atoms with E-state index < -0.39 is 0 Å². The Morgan fingerprint density at radius 2 is 2.04 bits per heavy atom. The smallest absolute Gasteiger partial charge is 0.191 e. The van der Waals surface area contributed by atoms with Crippen molar-refractivity contribution in [2.24, 2.45) is 4.99 Å². The summed E-state index contributed by atoms with van der Waals surface area (Å²) in [5.74, 6) is 1.72. The maximum absolute atomic E-state index is 5.55. The number of thioether (sulfide) groups is 1. The highest BCUT2D eigenvalue weighted by Gasteiger charge is 2.17. The molecule has 2 rings (SSSR count). The average Bonchev–Trinajstić information content (AvgIpc) is 3.12. The van der Waals surface area contributed by atoms with Gasteiger partial charge < -0.3 is 15.1 Å². The van der Waals surface area contributed by atoms with E-state index in [9.17, 15) is 0 Å². The van der Waals surface area contributed by atoms with Crippen LogP contribution in [0.5, 0.6) is 0 Å². The van der Waals surface area contributed by atoms with Crippen molar-refractivity contribution in [1.29, 1.82) is 0 Å². The van der Waals surface area contributed by atoms with Crippen LogP contribution in [0.25, 0.3) is 0 Å². The molecule has 0 aliphatic rings. The third-order valence-corrected chi connectivity index (χ3v) is 4.89. The molecular formula is C19H29IN4OS. The quantitative estimate of drug-likeness (QED) is 0.268. The van der Waals surface area contributed by atoms with Crippen molar-refractivity contribution in [2.45, 2.75) is 24.4 Å². The van der Waals surface area contributed by atoms with Crippen LogP contribution >= 0.6 is 35.7 Å². The predicted octanol–water partition coefficient (Wildman–Crippen LogP) is 3.90. The molecule has 0 amide bonds. The van der Waals surface area contributed by atoms with Crippen LogP contribution in [0.15, 0.2) is 50.9 Å². The van der Waals surface area contributed by atoms with Crippen LogP contribution < -0.4 is 10.6 Å². The van der Waals surface area contributed by atoms with Gasteiger partial charge in [0.15, 0.2) is 5.96 Å². The fourth-order valence-corrected chi connectivity index (χ4v) is 3.32. The highest BCUT2D eigenvalue weighted by atomic mass is 127. The van der Waals surface area contributed by atoms with E-state index in [1.165, 1.54) is 16.0 Å². The Hall–Kier alpha value is -1.19. The summed E-state index contributed by atoms with van der Waals surface area (Å²) in [6.45, 7) is 3.57. The highest BCUT2D eigenvalue weighted by molar-refractivity contribution is 14.0. The van der Waals surface area contributed by atoms with E-state index in [1.54, 1.807) is 25.1 Å². The summed E-state index contributed by atoms with van der Waals surface area (Å²) >= 11 is 1.77. The molecule has 1 aromatic heterocycles. The number of furan rings is 1. The van der Waals surface area contributed by atoms with Crippen molar-refractivity contribution in [3.63, 3.8) is 0 Å². The minimum absolute atomic E-state index is 0. The van der Waals surface area contributed by atoms with Crippen LogP contribution in [0.3, 0.4) is 0 Å². The van der Waals surface area contributed by atoms with E-state index in [1.807, 2.05) is 26.2 Å². The van der Waals surface area contributed by atoms with Crippen molar-refractivity contribution < 1.29 is 4.42 Å². The fraction of sp³-hybridized carbons (Fsp3) is 0.421. The van der Waals surface area contributed by atoms with Gasteiger partial charge in [0, 0.05) is 25.0 Å². The lowest BCUT2D eigenvalue weighted by Crippen LogP contribution is -2.41. The third-order valence-electron chi connectivity index (χ3n) is 4.07. The van der Waals surface area contributed by atoms with Crippen LogP contribution in [-0.4, -0.2) is 44.8 Å². The largest absolute Gasteiger partial charge is 0.468 e. The third kappa shape index (κ3) is 6.51. The van der Waals surface area contributed by atoms with E-state index in [-0.39, 0.29) is 30.0 Å². The Labute approximate surface area is 178 Å². The van der Waals surface area contributed by atoms with Crippen LogP contribution in [0.4, 0.5) is 0 Å². The zero-order valence-electron chi connectivity index (χ0n) is 16.1. The van der Waals surface area contributed by atoms with Crippen molar-refractivity contribution in [2.75, 3.05) is 33.9 Å². The number of rotatable bonds is 7. The summed E-state index contributed by atoms with van der Waals surface area (Å²) in [7, 11) is 5.88. The molecule has 0 spiro atoms. The number of benzene rings is 1. The Morgan fingerprint density at radius 3 is 2.62 bits per heavy atom. The number of hydrogen-bond acceptors (Lipinski definition) is 4. The van der Waals surface area contributed by atoms with Gasteiger partial charge in [-0.3, -0.25) is 9.89 Å². The van der Waals surface area contributed by atoms with Crippen molar-refractivity contribution in [3.05, 3.63) is 53.5 Å². The molecule has 1 unspecified atom stereocenters. The molecule has 7 heteroatoms. The van der Waals surface area contributed by atoms with Gasteiger partial charge in [-0.05, 0) is 56.6 Å². The van der Waals surface area contributed by atoms with E-state index in [4.69, 9.17) is 4.42 Å². The summed E-state index contributed by atoms with van der Waals surface area (Å²) in [6.07, 6.45) is 3.82. The van der Waals surface area contributed by atoms with Gasteiger partial charge in [-0.25, -0.2) is 0 Å². The normalized spacial score (nSPS) is 12.6. The highest BCUT2D eigenvalue weighted by Crippen LogP contribution is 2.21. The Balaban J connectivity index is 0.00000338. The minimum atomic E-state index is 0. The number of hydrogen-bond donors (Lipinski definition) is 2. The van der Waals surface area contributed by atoms with Gasteiger partial charge in [-0.1, -0.05) is 12.1 Å². The first-order valence-electron chi connectivity index (χ1n) is 8.33. The summed E-state index contributed by atoms with van der Waals surface area (Å²) in [5.41, 5.74) is 2.55. The number of halogens is 1. The molecule has 5 nitrogen and oxygen atoms in total. The first-order chi connectivity index (χ1) is 12.0. The van der Waals surface area contributed by atoms with Gasteiger partial charge in [0.05, 0.1) is 12.3 Å². The van der Waals surface area contributed by atoms with Crippen molar-refractivity contribution in [3.8, 4) is 0 Å². The number of guanidine groups is 1. The second kappa shape index (κ2) is 11.5. The van der Waals surface area contributed by atoms with Crippen LogP contribution in [0.1, 0.15) is 22.9 Å². The summed E-state index contributed by atoms with van der Waals surface area (Å²) < 4.78 is 5.55. The molecule has 0 radical (unpaired) electrons. The van der Waals surface area contributed by atoms with Gasteiger partial charge >= 0.3 is 0 Å². The van der Waals surface area contributed by atoms with Crippen LogP contribution in [-0.2, 0) is 6.54 Å². The van der Waals surface area contributed by atoms with E-state index in [0.29, 0.717) is 6.54 Å². The molecule has 1 atom stereocenters. The molecule has 2 N–H and O–H groups in total. The van der Waals surface area contributed by atoms with E-state index in [2.05, 4.69) is 51.9 Å². The summed E-state index contributed by atoms with van der Waals surface area (Å²) in [6, 6.07) is 10.6. The number of aliphatic imine (C=N–C) groups is 1. The number of nitrogens with one attached hydrogen (secondary N) is 2. The summed E-state index contributed by atoms with van der Waals surface area (Å²) in [5, 5.41) is 6.78. The molecule has 144 valence electrons. The van der Waals surface area contributed by atoms with Crippen molar-refractivity contribution >= 4 is 41.7 Å². The maximum Gasteiger partial charge on any atom is 0.191 e. The molecule has 1 heterocycles. The molecule has 0 aliphatic heterocycles. The number of likely N-dealkylation sites (N-methyl/N-ethyl adjacent to an activating group) is 1. The average molecular weight is 488 g/mol. The molecule has 0 fully saturated rings. The first-order valence-corrected chi connectivity index (χ1v) is 9.55. The van der Waals surface area contributed by atoms with Crippen LogP contribution in [0, 0.1) is 6.92 Å². The SMILES string of the molecule is CN=C(NCc1ccc(C)cc1SC)NCC(c1ccco1)N(C)C.I. The first kappa shape index (κ1) is 22.9. The Morgan fingerprint density at radius 1 is 1.27 bits per heavy atom. The van der Waals surface area contributed by atoms with Gasteiger partial charge in [-0.2, -0.15) is 0 Å². The lowest BCUT2D eigenvalue weighted by atomic mass is 10.1. The minimum Gasteiger partial charge on any atom is -0.468 e. The zero-order chi connectivity index (χ0) is 18.2. The lowest BCUT2D eigenvalue weighted by Gasteiger charge is -2.23. The van der Waals surface area contributed by atoms with Gasteiger partial charge in [0.25, 0.3) is 0 Å². The maximum atomic E-state index is 5.55. The van der Waals surface area contributed by atoms with Crippen LogP contribution in [0.2, 0.25) is 0 Å². The Bertz CT molecular complexity index is 689. The molecular weight excluding hydrogens is 459 g/mol. The van der Waals surface area contributed by atoms with Gasteiger partial charge in [0.2, 0.25) is 0 Å². The molecule has 0 saturated heterocycles. The molecule has 0 saturated carbocycles. The topological polar surface area (TPSA) is 52.8 Å². The monoisotopic (exact) mass is 488 g/mol. The molecule has 26 heavy (non-hydrogen) atoms. The number of nitrogens with zero attached hydrogens (tertiary/aromatic N) is 2. The molecule has 0 aliphatic carbocycles.